The minimum Gasteiger partial charge on any atom is -0.484 e. The number of hydrogen-bond donors (Lipinski definition) is 0. The zero-order chi connectivity index (χ0) is 17.6. The topological polar surface area (TPSA) is 63.7 Å². The lowest BCUT2D eigenvalue weighted by atomic mass is 10.1. The average molecular weight is 371 g/mol. The van der Waals surface area contributed by atoms with Gasteiger partial charge in [-0.15, -0.1) is 10.2 Å². The van der Waals surface area contributed by atoms with Crippen LogP contribution in [0.15, 0.2) is 53.7 Å². The summed E-state index contributed by atoms with van der Waals surface area (Å²) in [5, 5.41) is 18.9. The van der Waals surface area contributed by atoms with Gasteiger partial charge >= 0.3 is 0 Å². The molecule has 1 aromatic heterocycles. The van der Waals surface area contributed by atoms with Crippen LogP contribution >= 0.6 is 23.4 Å². The molecule has 0 saturated carbocycles. The van der Waals surface area contributed by atoms with Gasteiger partial charge in [0.1, 0.15) is 12.4 Å². The van der Waals surface area contributed by atoms with Crippen LogP contribution in [0.4, 0.5) is 0 Å². The molecule has 0 radical (unpaired) electrons. The fourth-order valence-corrected chi connectivity index (χ4v) is 3.32. The highest BCUT2D eigenvalue weighted by atomic mass is 35.5. The number of halogens is 1. The maximum atomic E-state index is 9.16. The molecule has 7 heteroatoms. The highest BCUT2D eigenvalue weighted by Crippen LogP contribution is 2.25. The van der Waals surface area contributed by atoms with Crippen LogP contribution in [0.5, 0.6) is 5.75 Å². The predicted octanol–water partition coefficient (Wildman–Crippen LogP) is 4.21. The van der Waals surface area contributed by atoms with E-state index in [2.05, 4.69) is 16.3 Å². The van der Waals surface area contributed by atoms with Gasteiger partial charge in [0.2, 0.25) is 0 Å². The molecule has 1 heterocycles. The lowest BCUT2D eigenvalue weighted by Crippen LogP contribution is -2.04. The molecule has 0 amide bonds. The van der Waals surface area contributed by atoms with Crippen molar-refractivity contribution < 1.29 is 4.74 Å². The fraction of sp³-hybridized carbons (Fsp3) is 0.167. The Balaban J connectivity index is 1.65. The van der Waals surface area contributed by atoms with Crippen LogP contribution in [-0.4, -0.2) is 14.8 Å². The molecule has 126 valence electrons. The number of rotatable bonds is 6. The number of hydrogen-bond acceptors (Lipinski definition) is 5. The number of nitriles is 1. The molecule has 25 heavy (non-hydrogen) atoms. The van der Waals surface area contributed by atoms with Crippen LogP contribution in [0, 0.1) is 11.3 Å². The summed E-state index contributed by atoms with van der Waals surface area (Å²) in [6.45, 7) is 0.280. The molecule has 3 rings (SSSR count). The monoisotopic (exact) mass is 370 g/mol. The van der Waals surface area contributed by atoms with Crippen molar-refractivity contribution in [1.29, 1.82) is 5.26 Å². The number of thioether (sulfide) groups is 1. The second kappa shape index (κ2) is 8.06. The van der Waals surface area contributed by atoms with E-state index in [0.717, 1.165) is 10.7 Å². The van der Waals surface area contributed by atoms with Crippen LogP contribution in [0.2, 0.25) is 5.02 Å². The number of benzene rings is 2. The standard InChI is InChI=1S/C18H15ClN4OS/c1-23-17(11-24-16-9-5-4-8-15(16)19)21-22-18(23)25-12-14-7-3-2-6-13(14)10-20/h2-9H,11-12H2,1H3. The summed E-state index contributed by atoms with van der Waals surface area (Å²) in [6.07, 6.45) is 0. The van der Waals surface area contributed by atoms with Crippen molar-refractivity contribution in [3.8, 4) is 11.8 Å². The van der Waals surface area contributed by atoms with Gasteiger partial charge < -0.3 is 9.30 Å². The molecule has 3 aromatic rings. The molecular weight excluding hydrogens is 356 g/mol. The summed E-state index contributed by atoms with van der Waals surface area (Å²) in [5.74, 6) is 1.97. The van der Waals surface area contributed by atoms with Crippen LogP contribution in [0.1, 0.15) is 17.0 Å². The molecule has 0 bridgehead atoms. The largest absolute Gasteiger partial charge is 0.484 e. The van der Waals surface area contributed by atoms with E-state index in [9.17, 15) is 0 Å². The maximum Gasteiger partial charge on any atom is 0.191 e. The Kier molecular flexibility index (Phi) is 5.59. The van der Waals surface area contributed by atoms with Crippen molar-refractivity contribution in [2.24, 2.45) is 7.05 Å². The zero-order valence-corrected chi connectivity index (χ0v) is 15.1. The normalized spacial score (nSPS) is 10.4. The Morgan fingerprint density at radius 3 is 2.72 bits per heavy atom. The van der Waals surface area contributed by atoms with Gasteiger partial charge in [0.05, 0.1) is 16.7 Å². The van der Waals surface area contributed by atoms with Gasteiger partial charge in [0.25, 0.3) is 0 Å². The van der Waals surface area contributed by atoms with Crippen molar-refractivity contribution in [2.45, 2.75) is 17.5 Å². The van der Waals surface area contributed by atoms with E-state index in [4.69, 9.17) is 21.6 Å². The Morgan fingerprint density at radius 1 is 1.16 bits per heavy atom. The van der Waals surface area contributed by atoms with Crippen LogP contribution in [0.3, 0.4) is 0 Å². The van der Waals surface area contributed by atoms with Crippen molar-refractivity contribution >= 4 is 23.4 Å². The molecule has 0 atom stereocenters. The summed E-state index contributed by atoms with van der Waals surface area (Å²) in [4.78, 5) is 0. The first kappa shape index (κ1) is 17.3. The van der Waals surface area contributed by atoms with Crippen LogP contribution < -0.4 is 4.74 Å². The smallest absolute Gasteiger partial charge is 0.191 e. The SMILES string of the molecule is Cn1c(COc2ccccc2Cl)nnc1SCc1ccccc1C#N. The van der Waals surface area contributed by atoms with E-state index >= 15 is 0 Å². The van der Waals surface area contributed by atoms with E-state index in [1.807, 2.05) is 54.1 Å². The minimum absolute atomic E-state index is 0.280. The second-order valence-electron chi connectivity index (χ2n) is 5.23. The Morgan fingerprint density at radius 2 is 1.92 bits per heavy atom. The average Bonchev–Trinajstić information content (AvgIpc) is 2.99. The first-order chi connectivity index (χ1) is 12.2. The van der Waals surface area contributed by atoms with Gasteiger partial charge in [-0.25, -0.2) is 0 Å². The first-order valence-corrected chi connectivity index (χ1v) is 8.92. The third kappa shape index (κ3) is 4.13. The van der Waals surface area contributed by atoms with E-state index in [1.54, 1.807) is 6.07 Å². The Bertz CT molecular complexity index is 919. The summed E-state index contributed by atoms with van der Waals surface area (Å²) < 4.78 is 7.59. The molecule has 2 aromatic carbocycles. The number of aromatic nitrogens is 3. The molecule has 0 unspecified atom stereocenters. The van der Waals surface area contributed by atoms with Gasteiger partial charge in [0.15, 0.2) is 11.0 Å². The van der Waals surface area contributed by atoms with Crippen molar-refractivity contribution in [2.75, 3.05) is 0 Å². The van der Waals surface area contributed by atoms with Gasteiger partial charge in [-0.3, -0.25) is 0 Å². The van der Waals surface area contributed by atoms with E-state index in [1.165, 1.54) is 11.8 Å². The van der Waals surface area contributed by atoms with E-state index < -0.39 is 0 Å². The summed E-state index contributed by atoms with van der Waals surface area (Å²) in [7, 11) is 1.89. The lowest BCUT2D eigenvalue weighted by Gasteiger charge is -2.08. The molecule has 0 aliphatic carbocycles. The predicted molar refractivity (Wildman–Crippen MR) is 97.5 cm³/mol. The van der Waals surface area contributed by atoms with Gasteiger partial charge in [-0.2, -0.15) is 5.26 Å². The van der Waals surface area contributed by atoms with E-state index in [-0.39, 0.29) is 6.61 Å². The first-order valence-electron chi connectivity index (χ1n) is 7.55. The molecule has 0 aliphatic heterocycles. The third-order valence-corrected chi connectivity index (χ3v) is 4.99. The number of ether oxygens (including phenoxy) is 1. The van der Waals surface area contributed by atoms with Crippen LogP contribution in [0.25, 0.3) is 0 Å². The van der Waals surface area contributed by atoms with Gasteiger partial charge in [-0.1, -0.05) is 53.7 Å². The molecule has 0 N–H and O–H groups in total. The van der Waals surface area contributed by atoms with Crippen LogP contribution in [-0.2, 0) is 19.4 Å². The summed E-state index contributed by atoms with van der Waals surface area (Å²) >= 11 is 7.62. The fourth-order valence-electron chi connectivity index (χ4n) is 2.20. The summed E-state index contributed by atoms with van der Waals surface area (Å²) in [6, 6.07) is 17.1. The molecule has 0 saturated heterocycles. The maximum absolute atomic E-state index is 9.16. The molecule has 0 spiro atoms. The van der Waals surface area contributed by atoms with Crippen molar-refractivity contribution in [1.82, 2.24) is 14.8 Å². The highest BCUT2D eigenvalue weighted by molar-refractivity contribution is 7.98. The third-order valence-electron chi connectivity index (χ3n) is 3.61. The highest BCUT2D eigenvalue weighted by Gasteiger charge is 2.12. The van der Waals surface area contributed by atoms with Crippen molar-refractivity contribution in [3.05, 3.63) is 70.5 Å². The number of para-hydroxylation sites is 1. The Labute approximate surface area is 155 Å². The Hall–Kier alpha value is -2.49. The van der Waals surface area contributed by atoms with Gasteiger partial charge in [-0.05, 0) is 23.8 Å². The van der Waals surface area contributed by atoms with Crippen molar-refractivity contribution in [3.63, 3.8) is 0 Å². The van der Waals surface area contributed by atoms with E-state index in [0.29, 0.717) is 27.9 Å². The molecule has 5 nitrogen and oxygen atoms in total. The number of nitrogens with zero attached hydrogens (tertiary/aromatic N) is 4. The quantitative estimate of drug-likeness (QED) is 0.608. The summed E-state index contributed by atoms with van der Waals surface area (Å²) in [5.41, 5.74) is 1.66. The zero-order valence-electron chi connectivity index (χ0n) is 13.5. The second-order valence-corrected chi connectivity index (χ2v) is 6.58. The molecular formula is C18H15ClN4OS. The lowest BCUT2D eigenvalue weighted by molar-refractivity contribution is 0.290. The minimum atomic E-state index is 0.280. The molecule has 0 fully saturated rings. The van der Waals surface area contributed by atoms with Gasteiger partial charge in [0, 0.05) is 12.8 Å². The molecule has 0 aliphatic rings.